The first kappa shape index (κ1) is 25.7. The molecule has 2 bridgehead atoms. The maximum Gasteiger partial charge on any atom is 0.238 e. The van der Waals surface area contributed by atoms with Crippen LogP contribution < -0.4 is 9.80 Å². The lowest BCUT2D eigenvalue weighted by molar-refractivity contribution is -0.129. The summed E-state index contributed by atoms with van der Waals surface area (Å²) in [5.41, 5.74) is 3.98. The zero-order chi connectivity index (χ0) is 28.9. The Balaban J connectivity index is 1.28. The molecule has 8 heteroatoms. The lowest BCUT2D eigenvalue weighted by atomic mass is 9.49. The van der Waals surface area contributed by atoms with E-state index in [1.807, 2.05) is 36.4 Å². The van der Waals surface area contributed by atoms with Crippen molar-refractivity contribution >= 4 is 63.8 Å². The third-order valence-electron chi connectivity index (χ3n) is 9.80. The molecule has 3 fully saturated rings. The minimum atomic E-state index is -0.624. The number of rotatable bonds is 3. The highest BCUT2D eigenvalue weighted by Gasteiger charge is 2.67. The molecule has 42 heavy (non-hydrogen) atoms. The van der Waals surface area contributed by atoms with Gasteiger partial charge in [-0.25, -0.2) is 0 Å². The zero-order valence-corrected chi connectivity index (χ0v) is 23.7. The van der Waals surface area contributed by atoms with Gasteiger partial charge in [-0.15, -0.1) is 0 Å². The van der Waals surface area contributed by atoms with E-state index < -0.39 is 29.6 Å². The second-order valence-corrected chi connectivity index (χ2v) is 12.6. The molecule has 0 radical (unpaired) electrons. The van der Waals surface area contributed by atoms with Gasteiger partial charge in [0.25, 0.3) is 0 Å². The van der Waals surface area contributed by atoms with E-state index in [2.05, 4.69) is 6.08 Å². The summed E-state index contributed by atoms with van der Waals surface area (Å²) < 4.78 is 0. The van der Waals surface area contributed by atoms with Crippen LogP contribution in [-0.2, 0) is 19.2 Å². The summed E-state index contributed by atoms with van der Waals surface area (Å²) in [6, 6.07) is 23.3. The van der Waals surface area contributed by atoms with E-state index in [1.54, 1.807) is 48.5 Å². The van der Waals surface area contributed by atoms with Crippen LogP contribution in [0.15, 0.2) is 96.6 Å². The molecular formula is C34H24Cl2N2O4. The van der Waals surface area contributed by atoms with Crippen LogP contribution in [0.25, 0.3) is 5.57 Å². The van der Waals surface area contributed by atoms with Crippen LogP contribution in [0.3, 0.4) is 0 Å². The summed E-state index contributed by atoms with van der Waals surface area (Å²) in [4.78, 5) is 58.9. The van der Waals surface area contributed by atoms with Gasteiger partial charge >= 0.3 is 0 Å². The molecule has 1 saturated carbocycles. The fraction of sp³-hybridized carbons (Fsp3) is 0.235. The van der Waals surface area contributed by atoms with E-state index in [4.69, 9.17) is 23.2 Å². The molecule has 2 heterocycles. The molecule has 0 aromatic heterocycles. The monoisotopic (exact) mass is 594 g/mol. The second kappa shape index (κ2) is 9.25. The van der Waals surface area contributed by atoms with Crippen LogP contribution in [0.1, 0.15) is 12.0 Å². The Labute approximate surface area is 252 Å². The van der Waals surface area contributed by atoms with Crippen molar-refractivity contribution in [2.24, 2.45) is 41.4 Å². The van der Waals surface area contributed by atoms with Crippen molar-refractivity contribution in [2.45, 2.75) is 6.42 Å². The molecule has 2 aliphatic heterocycles. The number of carbonyl (C=O) groups excluding carboxylic acids is 4. The van der Waals surface area contributed by atoms with Crippen molar-refractivity contribution in [2.75, 3.05) is 9.80 Å². The number of halogens is 2. The van der Waals surface area contributed by atoms with Crippen LogP contribution in [0.5, 0.6) is 0 Å². The Kier molecular flexibility index (Phi) is 5.66. The molecule has 6 nitrogen and oxygen atoms in total. The maximum absolute atomic E-state index is 14.2. The van der Waals surface area contributed by atoms with Crippen LogP contribution in [-0.4, -0.2) is 23.6 Å². The number of nitrogens with zero attached hydrogens (tertiary/aromatic N) is 2. The van der Waals surface area contributed by atoms with Gasteiger partial charge in [0.1, 0.15) is 0 Å². The van der Waals surface area contributed by atoms with Gasteiger partial charge < -0.3 is 0 Å². The SMILES string of the molecule is O=C1[C@@H]2[C@@H]3C=C[C@H](C4=C(c5ccccc5)C[C@H]5C(=O)N(c6ccc(Cl)cc6)C(=O)[C@@H]5[C@H]43)[C@H]2C(=O)N1c1ccc(Cl)cc1. The number of carbonyl (C=O) groups is 4. The van der Waals surface area contributed by atoms with Gasteiger partial charge in [-0.2, -0.15) is 0 Å². The van der Waals surface area contributed by atoms with Gasteiger partial charge in [0.2, 0.25) is 23.6 Å². The molecule has 3 aromatic carbocycles. The smallest absolute Gasteiger partial charge is 0.238 e. The van der Waals surface area contributed by atoms with Crippen molar-refractivity contribution in [3.8, 4) is 0 Å². The van der Waals surface area contributed by atoms with E-state index in [0.29, 0.717) is 27.8 Å². The zero-order valence-electron chi connectivity index (χ0n) is 22.2. The van der Waals surface area contributed by atoms with Gasteiger partial charge in [0.05, 0.1) is 35.0 Å². The number of hydrogen-bond donors (Lipinski definition) is 0. The summed E-state index contributed by atoms with van der Waals surface area (Å²) in [7, 11) is 0. The molecule has 0 unspecified atom stereocenters. The molecule has 2 saturated heterocycles. The minimum Gasteiger partial charge on any atom is -0.274 e. The van der Waals surface area contributed by atoms with Crippen LogP contribution in [0.4, 0.5) is 11.4 Å². The largest absolute Gasteiger partial charge is 0.274 e. The minimum absolute atomic E-state index is 0.233. The molecule has 208 valence electrons. The van der Waals surface area contributed by atoms with Crippen molar-refractivity contribution in [3.05, 3.63) is 112 Å². The predicted octanol–water partition coefficient (Wildman–Crippen LogP) is 6.19. The van der Waals surface area contributed by atoms with Crippen molar-refractivity contribution in [3.63, 3.8) is 0 Å². The fourth-order valence-electron chi connectivity index (χ4n) is 8.21. The molecule has 6 aliphatic rings. The number of hydrogen-bond acceptors (Lipinski definition) is 4. The third kappa shape index (κ3) is 3.45. The predicted molar refractivity (Wildman–Crippen MR) is 159 cm³/mol. The average Bonchev–Trinajstić information content (AvgIpc) is 3.43. The quantitative estimate of drug-likeness (QED) is 0.267. The normalized spacial score (nSPS) is 31.1. The van der Waals surface area contributed by atoms with E-state index in [1.165, 1.54) is 9.80 Å². The van der Waals surface area contributed by atoms with E-state index >= 15 is 0 Å². The molecule has 4 amide bonds. The Morgan fingerprint density at radius 1 is 0.571 bits per heavy atom. The standard InChI is InChI=1S/C34H24Cl2N2O4/c35-18-6-10-20(11-7-18)37-31(39)25-16-24(17-4-2-1-3-5-17)26-22-14-15-23(27(26)30(25)34(37)42)29-28(22)32(40)38(33(29)41)21-12-8-19(36)9-13-21/h1-15,22-23,25,27-30H,16H2/t22-,23-,25-,27+,28-,29-,30+/m1/s1. The van der Waals surface area contributed by atoms with Gasteiger partial charge in [-0.1, -0.05) is 71.3 Å². The molecule has 0 N–H and O–H groups in total. The van der Waals surface area contributed by atoms with Gasteiger partial charge in [0, 0.05) is 21.9 Å². The lowest BCUT2D eigenvalue weighted by Gasteiger charge is -2.51. The fourth-order valence-corrected chi connectivity index (χ4v) is 8.46. The number of allylic oxidation sites excluding steroid dienone is 4. The summed E-state index contributed by atoms with van der Waals surface area (Å²) in [5, 5.41) is 1.03. The van der Waals surface area contributed by atoms with E-state index in [-0.39, 0.29) is 35.5 Å². The van der Waals surface area contributed by atoms with Gasteiger partial charge in [0.15, 0.2) is 0 Å². The summed E-state index contributed by atoms with van der Waals surface area (Å²) in [5.74, 6) is -4.47. The molecule has 7 atom stereocenters. The summed E-state index contributed by atoms with van der Waals surface area (Å²) >= 11 is 12.2. The van der Waals surface area contributed by atoms with Crippen molar-refractivity contribution in [1.29, 1.82) is 0 Å². The van der Waals surface area contributed by atoms with Crippen LogP contribution in [0, 0.1) is 41.4 Å². The molecule has 3 aromatic rings. The first-order valence-corrected chi connectivity index (χ1v) is 14.8. The van der Waals surface area contributed by atoms with E-state index in [9.17, 15) is 19.2 Å². The lowest BCUT2D eigenvalue weighted by Crippen LogP contribution is -2.51. The first-order chi connectivity index (χ1) is 20.3. The van der Waals surface area contributed by atoms with Crippen LogP contribution >= 0.6 is 23.2 Å². The number of fused-ring (bicyclic) bond motifs is 1. The van der Waals surface area contributed by atoms with Gasteiger partial charge in [-0.3, -0.25) is 29.0 Å². The molecule has 4 aliphatic carbocycles. The average molecular weight is 595 g/mol. The molecular weight excluding hydrogens is 571 g/mol. The Bertz CT molecular complexity index is 1750. The van der Waals surface area contributed by atoms with E-state index in [0.717, 1.165) is 16.7 Å². The highest BCUT2D eigenvalue weighted by atomic mass is 35.5. The highest BCUT2D eigenvalue weighted by molar-refractivity contribution is 6.31. The second-order valence-electron chi connectivity index (χ2n) is 11.7. The number of amides is 4. The molecule has 0 spiro atoms. The summed E-state index contributed by atoms with van der Waals surface area (Å²) in [6.07, 6.45) is 4.46. The third-order valence-corrected chi connectivity index (χ3v) is 10.3. The van der Waals surface area contributed by atoms with Gasteiger partial charge in [-0.05, 0) is 72.0 Å². The molecule has 9 rings (SSSR count). The van der Waals surface area contributed by atoms with Crippen molar-refractivity contribution in [1.82, 2.24) is 0 Å². The number of anilines is 2. The summed E-state index contributed by atoms with van der Waals surface area (Å²) in [6.45, 7) is 0. The highest BCUT2D eigenvalue weighted by Crippen LogP contribution is 2.63. The Morgan fingerprint density at radius 2 is 1.12 bits per heavy atom. The number of imide groups is 2. The Hall–Kier alpha value is -4.00. The topological polar surface area (TPSA) is 74.8 Å². The van der Waals surface area contributed by atoms with Crippen molar-refractivity contribution < 1.29 is 19.2 Å². The van der Waals surface area contributed by atoms with Crippen LogP contribution in [0.2, 0.25) is 10.0 Å². The Morgan fingerprint density at radius 3 is 1.74 bits per heavy atom. The number of benzene rings is 3. The maximum atomic E-state index is 14.2. The first-order valence-electron chi connectivity index (χ1n) is 14.1.